The van der Waals surface area contributed by atoms with Crippen molar-refractivity contribution < 1.29 is 9.53 Å². The van der Waals surface area contributed by atoms with Gasteiger partial charge in [-0.15, -0.1) is 36.7 Å². The van der Waals surface area contributed by atoms with Crippen molar-refractivity contribution in [2.75, 3.05) is 43.1 Å². The van der Waals surface area contributed by atoms with E-state index in [0.29, 0.717) is 38.4 Å². The Morgan fingerprint density at radius 3 is 2.69 bits per heavy atom. The summed E-state index contributed by atoms with van der Waals surface area (Å²) in [5.74, 6) is 6.01. The Hall–Kier alpha value is -2.17. The topological polar surface area (TPSA) is 80.5 Å². The van der Waals surface area contributed by atoms with Crippen molar-refractivity contribution in [1.29, 1.82) is 0 Å². The Balaban J connectivity index is 0.00000181. The smallest absolute Gasteiger partial charge is 0.252 e. The van der Waals surface area contributed by atoms with E-state index in [1.807, 2.05) is 18.2 Å². The average Bonchev–Trinajstić information content (AvgIpc) is 2.78. The number of hydrogen-bond donors (Lipinski definition) is 2. The minimum atomic E-state index is -0.485. The summed E-state index contributed by atoms with van der Waals surface area (Å²) >= 11 is 6.29. The molecule has 1 aromatic carbocycles. The maximum Gasteiger partial charge on any atom is 0.252 e. The lowest BCUT2D eigenvalue weighted by Gasteiger charge is -2.36. The lowest BCUT2D eigenvalue weighted by atomic mass is 9.72. The van der Waals surface area contributed by atoms with Crippen LogP contribution in [0.4, 0.5) is 11.4 Å². The van der Waals surface area contributed by atoms with E-state index >= 15 is 0 Å². The Labute approximate surface area is 206 Å². The molecule has 32 heavy (non-hydrogen) atoms. The number of amides is 1. The van der Waals surface area contributed by atoms with Gasteiger partial charge in [-0.1, -0.05) is 23.7 Å². The highest BCUT2D eigenvalue weighted by molar-refractivity contribution is 6.30. The summed E-state index contributed by atoms with van der Waals surface area (Å²) in [7, 11) is 0. The number of halogens is 3. The molecule has 2 heterocycles. The SMILES string of the molecule is Cl.Cl.NC(=O)c1cncc(NCC2(c3cccc(Cl)c3)CC#CCC2)c1N1CCOCC1. The van der Waals surface area contributed by atoms with E-state index in [2.05, 4.69) is 33.1 Å². The summed E-state index contributed by atoms with van der Waals surface area (Å²) in [6.07, 6.45) is 5.82. The fraction of sp³-hybridized carbons (Fsp3) is 0.391. The third-order valence-corrected chi connectivity index (χ3v) is 6.08. The predicted molar refractivity (Wildman–Crippen MR) is 134 cm³/mol. The van der Waals surface area contributed by atoms with Crippen molar-refractivity contribution >= 4 is 53.7 Å². The zero-order valence-electron chi connectivity index (χ0n) is 17.6. The maximum atomic E-state index is 12.1. The number of benzene rings is 1. The van der Waals surface area contributed by atoms with Crippen LogP contribution in [0.3, 0.4) is 0 Å². The second-order valence-corrected chi connectivity index (χ2v) is 8.16. The first-order chi connectivity index (χ1) is 14.6. The molecule has 1 saturated heterocycles. The number of carbonyl (C=O) groups excluding carboxylic acids is 1. The number of rotatable bonds is 6. The van der Waals surface area contributed by atoms with Crippen molar-refractivity contribution in [3.63, 3.8) is 0 Å². The first-order valence-corrected chi connectivity index (χ1v) is 10.5. The van der Waals surface area contributed by atoms with Gasteiger partial charge in [0.2, 0.25) is 0 Å². The van der Waals surface area contributed by atoms with Crippen LogP contribution in [-0.4, -0.2) is 43.7 Å². The van der Waals surface area contributed by atoms with E-state index in [1.165, 1.54) is 11.8 Å². The fourth-order valence-electron chi connectivity index (χ4n) is 4.18. The Bertz CT molecular complexity index is 1000. The van der Waals surface area contributed by atoms with Gasteiger partial charge in [-0.25, -0.2) is 0 Å². The molecule has 172 valence electrons. The van der Waals surface area contributed by atoms with E-state index in [-0.39, 0.29) is 30.2 Å². The maximum absolute atomic E-state index is 12.1. The lowest BCUT2D eigenvalue weighted by molar-refractivity contribution is 0.0998. The number of hydrogen-bond acceptors (Lipinski definition) is 5. The molecule has 1 fully saturated rings. The Morgan fingerprint density at radius 1 is 1.25 bits per heavy atom. The molecule has 0 spiro atoms. The molecule has 0 bridgehead atoms. The number of aromatic nitrogens is 1. The molecule has 4 rings (SSSR count). The number of anilines is 2. The third kappa shape index (κ3) is 5.60. The predicted octanol–water partition coefficient (Wildman–Crippen LogP) is 4.05. The largest absolute Gasteiger partial charge is 0.381 e. The van der Waals surface area contributed by atoms with Gasteiger partial charge < -0.3 is 20.7 Å². The average molecular weight is 498 g/mol. The first-order valence-electron chi connectivity index (χ1n) is 10.2. The molecule has 1 aromatic heterocycles. The fourth-order valence-corrected chi connectivity index (χ4v) is 4.37. The van der Waals surface area contributed by atoms with E-state index in [1.54, 1.807) is 6.20 Å². The second-order valence-electron chi connectivity index (χ2n) is 7.72. The van der Waals surface area contributed by atoms with Crippen LogP contribution in [-0.2, 0) is 10.2 Å². The monoisotopic (exact) mass is 496 g/mol. The van der Waals surface area contributed by atoms with Crippen LogP contribution in [0.5, 0.6) is 0 Å². The second kappa shape index (κ2) is 11.6. The molecule has 6 nitrogen and oxygen atoms in total. The molecular formula is C23H27Cl3N4O2. The van der Waals surface area contributed by atoms with Crippen LogP contribution in [0.15, 0.2) is 36.7 Å². The van der Waals surface area contributed by atoms with Crippen LogP contribution in [0.1, 0.15) is 35.2 Å². The molecule has 3 N–H and O–H groups in total. The number of primary amides is 1. The van der Waals surface area contributed by atoms with E-state index in [4.69, 9.17) is 22.1 Å². The van der Waals surface area contributed by atoms with Gasteiger partial charge in [0.05, 0.1) is 36.3 Å². The quantitative estimate of drug-likeness (QED) is 0.589. The van der Waals surface area contributed by atoms with Crippen molar-refractivity contribution in [3.05, 3.63) is 52.8 Å². The summed E-state index contributed by atoms with van der Waals surface area (Å²) in [4.78, 5) is 18.5. The van der Waals surface area contributed by atoms with Gasteiger partial charge >= 0.3 is 0 Å². The summed E-state index contributed by atoms with van der Waals surface area (Å²) in [5, 5.41) is 4.29. The summed E-state index contributed by atoms with van der Waals surface area (Å²) in [6, 6.07) is 8.01. The highest BCUT2D eigenvalue weighted by Gasteiger charge is 2.33. The molecule has 9 heteroatoms. The molecule has 2 aromatic rings. The number of nitrogens with zero attached hydrogens (tertiary/aromatic N) is 2. The van der Waals surface area contributed by atoms with E-state index < -0.39 is 5.91 Å². The van der Waals surface area contributed by atoms with Crippen molar-refractivity contribution in [3.8, 4) is 11.8 Å². The normalized spacial score (nSPS) is 19.6. The van der Waals surface area contributed by atoms with Crippen molar-refractivity contribution in [2.45, 2.75) is 24.7 Å². The standard InChI is InChI=1S/C23H25ClN4O2.2ClH/c24-18-6-4-5-17(13-18)23(7-2-1-3-8-23)16-27-20-15-26-14-19(22(25)29)21(20)28-9-11-30-12-10-28;;/h4-6,13-15,27H,2,7-12,16H2,(H2,25,29);2*1H. The molecule has 1 atom stereocenters. The number of ether oxygens (including phenoxy) is 1. The lowest BCUT2D eigenvalue weighted by Crippen LogP contribution is -2.39. The molecule has 1 aliphatic heterocycles. The number of carbonyl (C=O) groups is 1. The molecule has 0 radical (unpaired) electrons. The van der Waals surface area contributed by atoms with Crippen LogP contribution in [0.25, 0.3) is 0 Å². The van der Waals surface area contributed by atoms with Gasteiger partial charge in [-0.05, 0) is 24.1 Å². The molecule has 0 saturated carbocycles. The molecule has 1 amide bonds. The van der Waals surface area contributed by atoms with Crippen LogP contribution in [0.2, 0.25) is 5.02 Å². The number of morpholine rings is 1. The summed E-state index contributed by atoms with van der Waals surface area (Å²) in [5.41, 5.74) is 8.68. The minimum Gasteiger partial charge on any atom is -0.381 e. The molecule has 2 aliphatic rings. The van der Waals surface area contributed by atoms with E-state index in [0.717, 1.165) is 35.7 Å². The Kier molecular flexibility index (Phi) is 9.47. The summed E-state index contributed by atoms with van der Waals surface area (Å²) < 4.78 is 5.48. The van der Waals surface area contributed by atoms with Crippen LogP contribution < -0.4 is 16.0 Å². The third-order valence-electron chi connectivity index (χ3n) is 5.84. The zero-order chi connectivity index (χ0) is 21.0. The van der Waals surface area contributed by atoms with Crippen molar-refractivity contribution in [2.24, 2.45) is 5.73 Å². The summed E-state index contributed by atoms with van der Waals surface area (Å²) in [6.45, 7) is 3.28. The first kappa shape index (κ1) is 26.1. The number of nitrogens with one attached hydrogen (secondary N) is 1. The minimum absolute atomic E-state index is 0. The van der Waals surface area contributed by atoms with Crippen LogP contribution in [0, 0.1) is 11.8 Å². The van der Waals surface area contributed by atoms with Gasteiger partial charge in [0.25, 0.3) is 5.91 Å². The van der Waals surface area contributed by atoms with Crippen molar-refractivity contribution in [1.82, 2.24) is 4.98 Å². The van der Waals surface area contributed by atoms with Gasteiger partial charge in [-0.3, -0.25) is 9.78 Å². The van der Waals surface area contributed by atoms with Gasteiger partial charge in [0.15, 0.2) is 0 Å². The number of pyridine rings is 1. The Morgan fingerprint density at radius 2 is 2.03 bits per heavy atom. The van der Waals surface area contributed by atoms with Gasteiger partial charge in [-0.2, -0.15) is 0 Å². The highest BCUT2D eigenvalue weighted by atomic mass is 35.5. The molecule has 1 aliphatic carbocycles. The van der Waals surface area contributed by atoms with Crippen LogP contribution >= 0.6 is 36.4 Å². The molecule has 1 unspecified atom stereocenters. The van der Waals surface area contributed by atoms with Gasteiger partial charge in [0.1, 0.15) is 0 Å². The zero-order valence-corrected chi connectivity index (χ0v) is 20.0. The van der Waals surface area contributed by atoms with E-state index in [9.17, 15) is 4.79 Å². The van der Waals surface area contributed by atoms with Gasteiger partial charge in [0, 0.05) is 49.1 Å². The number of nitrogens with two attached hydrogens (primary N) is 1. The molecular weight excluding hydrogens is 471 g/mol. The highest BCUT2D eigenvalue weighted by Crippen LogP contribution is 2.38.